The molecule has 5 aromatic rings. The molecule has 2 aromatic heterocycles. The number of aliphatic carboxylic acids is 1. The smallest absolute Gasteiger partial charge is 0.303 e. The normalized spacial score (nSPS) is 11.2. The van der Waals surface area contributed by atoms with Crippen molar-refractivity contribution in [2.75, 3.05) is 0 Å². The monoisotopic (exact) mass is 532 g/mol. The van der Waals surface area contributed by atoms with Crippen molar-refractivity contribution < 1.29 is 14.7 Å². The summed E-state index contributed by atoms with van der Waals surface area (Å²) in [5.41, 5.74) is 4.05. The Labute approximate surface area is 208 Å². The molecule has 2 heterocycles. The maximum absolute atomic E-state index is 12.9. The van der Waals surface area contributed by atoms with Gasteiger partial charge in [-0.2, -0.15) is 0 Å². The largest absolute Gasteiger partial charge is 0.481 e. The Balaban J connectivity index is 1.75. The quantitative estimate of drug-likeness (QED) is 0.232. The number of carbonyl (C=O) groups excluding carboxylic acids is 1. The number of rotatable bonds is 6. The Morgan fingerprint density at radius 3 is 2.50 bits per heavy atom. The van der Waals surface area contributed by atoms with Gasteiger partial charge in [0, 0.05) is 38.4 Å². The van der Waals surface area contributed by atoms with E-state index < -0.39 is 5.97 Å². The topological polar surface area (TPSA) is 72.2 Å². The highest BCUT2D eigenvalue weighted by molar-refractivity contribution is 9.10. The Morgan fingerprint density at radius 1 is 0.941 bits per heavy atom. The lowest BCUT2D eigenvalue weighted by Gasteiger charge is -2.12. The summed E-state index contributed by atoms with van der Waals surface area (Å²) in [6.07, 6.45) is 1.46. The summed E-state index contributed by atoms with van der Waals surface area (Å²) in [6.45, 7) is 0. The third-order valence-corrected chi connectivity index (χ3v) is 6.45. The minimum Gasteiger partial charge on any atom is -0.481 e. The summed E-state index contributed by atoms with van der Waals surface area (Å²) in [7, 11) is 0. The van der Waals surface area contributed by atoms with Gasteiger partial charge in [0.2, 0.25) is 0 Å². The van der Waals surface area contributed by atoms with Crippen LogP contribution in [0.1, 0.15) is 23.2 Å². The summed E-state index contributed by atoms with van der Waals surface area (Å²) in [5.74, 6) is -0.570. The Kier molecular flexibility index (Phi) is 5.94. The van der Waals surface area contributed by atoms with E-state index in [4.69, 9.17) is 21.7 Å². The average molecular weight is 534 g/mol. The second-order valence-corrected chi connectivity index (χ2v) is 9.30. The molecule has 0 fully saturated rings. The zero-order valence-electron chi connectivity index (χ0n) is 17.8. The number of hydrogen-bond donors (Lipinski definition) is 1. The van der Waals surface area contributed by atoms with Crippen molar-refractivity contribution in [2.24, 2.45) is 0 Å². The van der Waals surface area contributed by atoms with Crippen LogP contribution in [0.3, 0.4) is 0 Å². The van der Waals surface area contributed by atoms with Crippen molar-refractivity contribution >= 4 is 61.1 Å². The summed E-state index contributed by atoms with van der Waals surface area (Å²) in [5, 5.41) is 11.3. The van der Waals surface area contributed by atoms with E-state index in [0.717, 1.165) is 37.4 Å². The van der Waals surface area contributed by atoms with Gasteiger partial charge in [-0.25, -0.2) is 4.98 Å². The number of pyridine rings is 1. The highest BCUT2D eigenvalue weighted by Gasteiger charge is 2.19. The first-order valence-corrected chi connectivity index (χ1v) is 11.8. The first-order chi connectivity index (χ1) is 16.4. The molecule has 0 radical (unpaired) electrons. The molecule has 7 heteroatoms. The van der Waals surface area contributed by atoms with Gasteiger partial charge in [0.1, 0.15) is 5.82 Å². The van der Waals surface area contributed by atoms with Crippen molar-refractivity contribution in [3.8, 4) is 16.9 Å². The van der Waals surface area contributed by atoms with Crippen LogP contribution >= 0.6 is 27.5 Å². The number of hydrogen-bond acceptors (Lipinski definition) is 3. The average Bonchev–Trinajstić information content (AvgIpc) is 3.21. The highest BCUT2D eigenvalue weighted by Crippen LogP contribution is 2.34. The fourth-order valence-corrected chi connectivity index (χ4v) is 4.67. The molecule has 3 aromatic carbocycles. The van der Waals surface area contributed by atoms with Crippen LogP contribution in [0.2, 0.25) is 5.02 Å². The summed E-state index contributed by atoms with van der Waals surface area (Å²) >= 11 is 9.78. The van der Waals surface area contributed by atoms with Crippen LogP contribution in [0, 0.1) is 0 Å². The number of benzene rings is 3. The van der Waals surface area contributed by atoms with Crippen molar-refractivity contribution in [3.05, 3.63) is 94.1 Å². The van der Waals surface area contributed by atoms with Crippen LogP contribution in [0.5, 0.6) is 0 Å². The van der Waals surface area contributed by atoms with Crippen molar-refractivity contribution in [2.45, 2.75) is 12.8 Å². The van der Waals surface area contributed by atoms with E-state index in [1.807, 2.05) is 71.3 Å². The number of Topliss-reactive ketones (excluding diaryl/α,β-unsaturated/α-hetero) is 1. The summed E-state index contributed by atoms with van der Waals surface area (Å²) < 4.78 is 2.71. The van der Waals surface area contributed by atoms with E-state index >= 15 is 0 Å². The molecule has 0 amide bonds. The van der Waals surface area contributed by atoms with E-state index in [-0.39, 0.29) is 18.6 Å². The number of halogens is 2. The highest BCUT2D eigenvalue weighted by atomic mass is 79.9. The van der Waals surface area contributed by atoms with E-state index in [1.165, 1.54) is 0 Å². The lowest BCUT2D eigenvalue weighted by Crippen LogP contribution is -2.03. The predicted molar refractivity (Wildman–Crippen MR) is 138 cm³/mol. The lowest BCUT2D eigenvalue weighted by molar-refractivity contribution is -0.136. The van der Waals surface area contributed by atoms with E-state index in [1.54, 1.807) is 12.3 Å². The third kappa shape index (κ3) is 4.22. The van der Waals surface area contributed by atoms with Crippen LogP contribution in [0.4, 0.5) is 0 Å². The molecular formula is C27H18BrClN2O3. The number of carboxylic acid groups (broad SMARTS) is 1. The van der Waals surface area contributed by atoms with Crippen LogP contribution in [-0.4, -0.2) is 26.4 Å². The molecule has 0 unspecified atom stereocenters. The maximum atomic E-state index is 12.9. The number of fused-ring (bicyclic) bond motifs is 2. The molecule has 0 aliphatic carbocycles. The predicted octanol–water partition coefficient (Wildman–Crippen LogP) is 7.31. The van der Waals surface area contributed by atoms with Crippen molar-refractivity contribution in [3.63, 3.8) is 0 Å². The number of carbonyl (C=O) groups is 2. The minimum atomic E-state index is -0.999. The van der Waals surface area contributed by atoms with Crippen LogP contribution in [0.15, 0.2) is 83.5 Å². The molecule has 168 valence electrons. The summed E-state index contributed by atoms with van der Waals surface area (Å²) in [6, 6.07) is 23.3. The zero-order valence-corrected chi connectivity index (χ0v) is 20.2. The fraction of sp³-hybridized carbons (Fsp3) is 0.0741. The van der Waals surface area contributed by atoms with Gasteiger partial charge in [-0.05, 0) is 53.6 Å². The maximum Gasteiger partial charge on any atom is 0.303 e. The van der Waals surface area contributed by atoms with Gasteiger partial charge in [-0.3, -0.25) is 9.59 Å². The number of nitrogens with zero attached hydrogens (tertiary/aromatic N) is 2. The van der Waals surface area contributed by atoms with Gasteiger partial charge in [0.25, 0.3) is 0 Å². The lowest BCUT2D eigenvalue weighted by atomic mass is 10.0. The minimum absolute atomic E-state index is 0.0696. The Morgan fingerprint density at radius 2 is 1.74 bits per heavy atom. The van der Waals surface area contributed by atoms with E-state index in [0.29, 0.717) is 16.4 Å². The van der Waals surface area contributed by atoms with Gasteiger partial charge < -0.3 is 9.67 Å². The number of ketones is 1. The van der Waals surface area contributed by atoms with E-state index in [9.17, 15) is 9.59 Å². The molecule has 0 spiro atoms. The number of aromatic nitrogens is 2. The molecule has 5 rings (SSSR count). The van der Waals surface area contributed by atoms with Gasteiger partial charge in [0.15, 0.2) is 5.78 Å². The molecule has 0 atom stereocenters. The Bertz CT molecular complexity index is 1580. The summed E-state index contributed by atoms with van der Waals surface area (Å²) in [4.78, 5) is 28.8. The molecular weight excluding hydrogens is 516 g/mol. The molecule has 0 aliphatic rings. The van der Waals surface area contributed by atoms with Crippen molar-refractivity contribution in [1.82, 2.24) is 9.55 Å². The van der Waals surface area contributed by atoms with Crippen LogP contribution in [0.25, 0.3) is 38.8 Å². The van der Waals surface area contributed by atoms with Gasteiger partial charge in [0.05, 0.1) is 17.5 Å². The first-order valence-electron chi connectivity index (χ1n) is 10.6. The molecule has 0 bridgehead atoms. The second-order valence-electron chi connectivity index (χ2n) is 7.95. The van der Waals surface area contributed by atoms with Crippen LogP contribution < -0.4 is 0 Å². The fourth-order valence-electron chi connectivity index (χ4n) is 4.13. The van der Waals surface area contributed by atoms with Gasteiger partial charge >= 0.3 is 5.97 Å². The van der Waals surface area contributed by atoms with Crippen LogP contribution in [-0.2, 0) is 4.79 Å². The number of carboxylic acids is 1. The molecule has 0 saturated heterocycles. The molecule has 0 aliphatic heterocycles. The molecule has 34 heavy (non-hydrogen) atoms. The van der Waals surface area contributed by atoms with Gasteiger partial charge in [-0.15, -0.1) is 0 Å². The standard InChI is InChI=1S/C27H18BrClN2O3/c28-17-6-9-24-21(12-17)22(25(32)10-11-27(33)34)15-31(24)26-14-19(16-4-2-1-3-5-16)20-13-18(29)7-8-23(20)30-26/h1-9,12-15H,10-11H2,(H,33,34). The van der Waals surface area contributed by atoms with Crippen molar-refractivity contribution in [1.29, 1.82) is 0 Å². The van der Waals surface area contributed by atoms with Gasteiger partial charge in [-0.1, -0.05) is 57.9 Å². The SMILES string of the molecule is O=C(O)CCC(=O)c1cn(-c2cc(-c3ccccc3)c3cc(Cl)ccc3n2)c2ccc(Br)cc12. The molecule has 1 N–H and O–H groups in total. The molecule has 5 nitrogen and oxygen atoms in total. The zero-order chi connectivity index (χ0) is 23.8. The third-order valence-electron chi connectivity index (χ3n) is 5.72. The van der Waals surface area contributed by atoms with E-state index in [2.05, 4.69) is 15.9 Å². The second kappa shape index (κ2) is 9.05. The Hall–Kier alpha value is -3.48. The molecule has 0 saturated carbocycles. The first kappa shape index (κ1) is 22.3.